The van der Waals surface area contributed by atoms with Gasteiger partial charge in [0, 0.05) is 24.2 Å². The minimum absolute atomic E-state index is 0.139. The van der Waals surface area contributed by atoms with Crippen molar-refractivity contribution in [2.24, 2.45) is 0 Å². The molecular formula is C24H24N2O3S. The molecule has 0 aliphatic rings. The van der Waals surface area contributed by atoms with Crippen molar-refractivity contribution in [3.8, 4) is 5.75 Å². The highest BCUT2D eigenvalue weighted by Crippen LogP contribution is 2.39. The number of thiazole rings is 1. The molecule has 6 heteroatoms. The quantitative estimate of drug-likeness (QED) is 0.433. The van der Waals surface area contributed by atoms with Gasteiger partial charge in [0.2, 0.25) is 0 Å². The summed E-state index contributed by atoms with van der Waals surface area (Å²) in [5, 5.41) is 3.83. The number of hydrogen-bond donors (Lipinski definition) is 1. The molecule has 0 spiro atoms. The predicted octanol–water partition coefficient (Wildman–Crippen LogP) is 5.42. The van der Waals surface area contributed by atoms with Crippen LogP contribution in [0, 0.1) is 0 Å². The third-order valence-electron chi connectivity index (χ3n) is 5.46. The van der Waals surface area contributed by atoms with Crippen molar-refractivity contribution in [1.82, 2.24) is 9.97 Å². The molecule has 154 valence electrons. The van der Waals surface area contributed by atoms with Crippen molar-refractivity contribution in [1.29, 1.82) is 0 Å². The van der Waals surface area contributed by atoms with Gasteiger partial charge in [-0.05, 0) is 48.6 Å². The first-order chi connectivity index (χ1) is 14.6. The SMILES string of the molecule is CCC(OC)(c1cccc(OC(C)c2cc3ccccc3[nH]c2=O)c1)c1nccs1. The fraction of sp³-hybridized carbons (Fsp3) is 0.250. The van der Waals surface area contributed by atoms with Crippen molar-refractivity contribution in [2.45, 2.75) is 32.0 Å². The van der Waals surface area contributed by atoms with Crippen LogP contribution in [0.15, 0.2) is 71.0 Å². The van der Waals surface area contributed by atoms with Crippen molar-refractivity contribution in [3.05, 3.63) is 92.7 Å². The van der Waals surface area contributed by atoms with Gasteiger partial charge >= 0.3 is 0 Å². The van der Waals surface area contributed by atoms with E-state index in [1.807, 2.05) is 66.9 Å². The zero-order valence-electron chi connectivity index (χ0n) is 17.2. The number of H-pyrrole nitrogens is 1. The van der Waals surface area contributed by atoms with E-state index in [-0.39, 0.29) is 5.56 Å². The normalized spacial score (nSPS) is 14.4. The smallest absolute Gasteiger partial charge is 0.255 e. The average molecular weight is 421 g/mol. The van der Waals surface area contributed by atoms with Crippen LogP contribution in [0.3, 0.4) is 0 Å². The fourth-order valence-corrected chi connectivity index (χ4v) is 4.71. The van der Waals surface area contributed by atoms with Crippen LogP contribution in [0.2, 0.25) is 0 Å². The maximum absolute atomic E-state index is 12.6. The second kappa shape index (κ2) is 8.42. The highest BCUT2D eigenvalue weighted by Gasteiger charge is 2.35. The van der Waals surface area contributed by atoms with Crippen LogP contribution in [-0.4, -0.2) is 17.1 Å². The molecule has 0 bridgehead atoms. The van der Waals surface area contributed by atoms with Crippen LogP contribution in [-0.2, 0) is 10.3 Å². The Morgan fingerprint density at radius 3 is 2.73 bits per heavy atom. The van der Waals surface area contributed by atoms with Crippen LogP contribution < -0.4 is 10.3 Å². The van der Waals surface area contributed by atoms with Crippen LogP contribution in [0.25, 0.3) is 10.9 Å². The van der Waals surface area contributed by atoms with E-state index in [1.165, 1.54) is 0 Å². The number of rotatable bonds is 7. The number of nitrogens with one attached hydrogen (secondary N) is 1. The van der Waals surface area contributed by atoms with E-state index in [4.69, 9.17) is 9.47 Å². The Morgan fingerprint density at radius 2 is 2.00 bits per heavy atom. The summed E-state index contributed by atoms with van der Waals surface area (Å²) in [5.74, 6) is 0.680. The number of hydrogen-bond acceptors (Lipinski definition) is 5. The summed E-state index contributed by atoms with van der Waals surface area (Å²) in [6.45, 7) is 3.96. The van der Waals surface area contributed by atoms with E-state index < -0.39 is 11.7 Å². The molecule has 0 radical (unpaired) electrons. The molecule has 2 heterocycles. The Kier molecular flexibility index (Phi) is 5.70. The van der Waals surface area contributed by atoms with Gasteiger partial charge in [-0.1, -0.05) is 37.3 Å². The Hall–Kier alpha value is -2.96. The average Bonchev–Trinajstić information content (AvgIpc) is 3.30. The first kappa shape index (κ1) is 20.3. The Morgan fingerprint density at radius 1 is 1.17 bits per heavy atom. The standard InChI is InChI=1S/C24H24N2O3S/c1-4-24(28-3,23-25-12-13-30-23)18-9-7-10-19(15-18)29-16(2)20-14-17-8-5-6-11-21(17)26-22(20)27/h5-16H,4H2,1-3H3,(H,26,27). The molecule has 2 atom stereocenters. The number of nitrogens with zero attached hydrogens (tertiary/aromatic N) is 1. The number of methoxy groups -OCH3 is 1. The lowest BCUT2D eigenvalue weighted by Crippen LogP contribution is -2.29. The van der Waals surface area contributed by atoms with E-state index >= 15 is 0 Å². The van der Waals surface area contributed by atoms with Gasteiger partial charge in [-0.15, -0.1) is 11.3 Å². The summed E-state index contributed by atoms with van der Waals surface area (Å²) >= 11 is 1.57. The van der Waals surface area contributed by atoms with Crippen LogP contribution in [0.1, 0.15) is 42.5 Å². The molecule has 0 aliphatic carbocycles. The second-order valence-corrected chi connectivity index (χ2v) is 8.05. The number of pyridine rings is 1. The molecule has 5 nitrogen and oxygen atoms in total. The third kappa shape index (κ3) is 3.64. The number of aromatic amines is 1. The predicted molar refractivity (Wildman–Crippen MR) is 120 cm³/mol. The topological polar surface area (TPSA) is 64.2 Å². The summed E-state index contributed by atoms with van der Waals surface area (Å²) in [6.07, 6.45) is 2.12. The summed E-state index contributed by atoms with van der Waals surface area (Å²) in [5.41, 5.74) is 1.61. The van der Waals surface area contributed by atoms with Gasteiger partial charge in [-0.2, -0.15) is 0 Å². The van der Waals surface area contributed by atoms with Gasteiger partial charge in [0.1, 0.15) is 22.5 Å². The van der Waals surface area contributed by atoms with Crippen molar-refractivity contribution in [3.63, 3.8) is 0 Å². The first-order valence-electron chi connectivity index (χ1n) is 9.91. The van der Waals surface area contributed by atoms with E-state index in [0.29, 0.717) is 11.3 Å². The lowest BCUT2D eigenvalue weighted by atomic mass is 9.91. The molecular weight excluding hydrogens is 396 g/mol. The monoisotopic (exact) mass is 420 g/mol. The zero-order chi connectivity index (χ0) is 21.1. The summed E-state index contributed by atoms with van der Waals surface area (Å²) in [6, 6.07) is 17.5. The first-order valence-corrected chi connectivity index (χ1v) is 10.8. The van der Waals surface area contributed by atoms with E-state index in [0.717, 1.165) is 27.9 Å². The van der Waals surface area contributed by atoms with E-state index in [1.54, 1.807) is 24.6 Å². The van der Waals surface area contributed by atoms with Gasteiger partial charge in [-0.3, -0.25) is 4.79 Å². The van der Waals surface area contributed by atoms with Crippen LogP contribution in [0.4, 0.5) is 0 Å². The minimum Gasteiger partial charge on any atom is -0.486 e. The molecule has 4 aromatic rings. The minimum atomic E-state index is -0.628. The number of fused-ring (bicyclic) bond motifs is 1. The number of aromatic nitrogens is 2. The van der Waals surface area contributed by atoms with Gasteiger partial charge in [0.25, 0.3) is 5.56 Å². The van der Waals surface area contributed by atoms with Gasteiger partial charge in [-0.25, -0.2) is 4.98 Å². The lowest BCUT2D eigenvalue weighted by molar-refractivity contribution is 0.0181. The van der Waals surface area contributed by atoms with Gasteiger partial charge < -0.3 is 14.5 Å². The van der Waals surface area contributed by atoms with Crippen molar-refractivity contribution in [2.75, 3.05) is 7.11 Å². The molecule has 0 aliphatic heterocycles. The largest absolute Gasteiger partial charge is 0.486 e. The molecule has 1 N–H and O–H groups in total. The van der Waals surface area contributed by atoms with Crippen LogP contribution >= 0.6 is 11.3 Å². The third-order valence-corrected chi connectivity index (χ3v) is 6.37. The molecule has 4 rings (SSSR count). The van der Waals surface area contributed by atoms with Gasteiger partial charge in [0.05, 0.1) is 5.56 Å². The Labute approximate surface area is 179 Å². The molecule has 0 saturated heterocycles. The molecule has 2 aromatic carbocycles. The van der Waals surface area contributed by atoms with Crippen LogP contribution in [0.5, 0.6) is 5.75 Å². The maximum atomic E-state index is 12.6. The van der Waals surface area contributed by atoms with E-state index in [9.17, 15) is 4.79 Å². The highest BCUT2D eigenvalue weighted by atomic mass is 32.1. The number of para-hydroxylation sites is 1. The molecule has 2 aromatic heterocycles. The lowest BCUT2D eigenvalue weighted by Gasteiger charge is -2.30. The summed E-state index contributed by atoms with van der Waals surface area (Å²) in [7, 11) is 1.70. The Balaban J connectivity index is 1.66. The highest BCUT2D eigenvalue weighted by molar-refractivity contribution is 7.09. The molecule has 30 heavy (non-hydrogen) atoms. The number of benzene rings is 2. The molecule has 2 unspecified atom stereocenters. The number of ether oxygens (including phenoxy) is 2. The van der Waals surface area contributed by atoms with Crippen molar-refractivity contribution >= 4 is 22.2 Å². The molecule has 0 saturated carbocycles. The van der Waals surface area contributed by atoms with Crippen molar-refractivity contribution < 1.29 is 9.47 Å². The summed E-state index contributed by atoms with van der Waals surface area (Å²) < 4.78 is 12.1. The fourth-order valence-electron chi connectivity index (χ4n) is 3.81. The maximum Gasteiger partial charge on any atom is 0.255 e. The zero-order valence-corrected chi connectivity index (χ0v) is 18.0. The Bertz CT molecular complexity index is 1200. The molecule has 0 amide bonds. The van der Waals surface area contributed by atoms with Gasteiger partial charge in [0.15, 0.2) is 0 Å². The molecule has 0 fully saturated rings. The summed E-state index contributed by atoms with van der Waals surface area (Å²) in [4.78, 5) is 20.0. The second-order valence-electron chi connectivity index (χ2n) is 7.15. The van der Waals surface area contributed by atoms with E-state index in [2.05, 4.69) is 16.9 Å².